The van der Waals surface area contributed by atoms with E-state index >= 15 is 0 Å². The van der Waals surface area contributed by atoms with E-state index in [9.17, 15) is 5.26 Å². The lowest BCUT2D eigenvalue weighted by Crippen LogP contribution is -2.34. The Morgan fingerprint density at radius 2 is 0.822 bits per heavy atom. The summed E-state index contributed by atoms with van der Waals surface area (Å²) >= 11 is 0. The van der Waals surface area contributed by atoms with E-state index in [1.165, 1.54) is 98.9 Å². The molecule has 0 aromatic heterocycles. The minimum absolute atomic E-state index is 0.0275. The topological polar surface area (TPSA) is 33.0 Å². The fourth-order valence-corrected chi connectivity index (χ4v) is 9.37. The summed E-state index contributed by atoms with van der Waals surface area (Å²) in [4.78, 5) is 0. The molecular formula is C43H37NO. The summed E-state index contributed by atoms with van der Waals surface area (Å²) in [5.74, 6) is 1.23. The molecule has 6 aliphatic carbocycles. The first kappa shape index (κ1) is 26.8. The van der Waals surface area contributed by atoms with Gasteiger partial charge in [-0.25, -0.2) is 0 Å². The van der Waals surface area contributed by atoms with Crippen LogP contribution in [0.5, 0.6) is 5.75 Å². The molecule has 0 radical (unpaired) electrons. The van der Waals surface area contributed by atoms with Gasteiger partial charge in [0.15, 0.2) is 0 Å². The van der Waals surface area contributed by atoms with Crippen LogP contribution >= 0.6 is 0 Å². The first-order valence-electron chi connectivity index (χ1n) is 16.9. The van der Waals surface area contributed by atoms with Crippen LogP contribution in [0, 0.1) is 11.3 Å². The zero-order valence-corrected chi connectivity index (χ0v) is 25.9. The van der Waals surface area contributed by atoms with Gasteiger partial charge in [-0.3, -0.25) is 0 Å². The molecule has 2 heteroatoms. The predicted molar refractivity (Wildman–Crippen MR) is 180 cm³/mol. The number of hydrogen-bond donors (Lipinski definition) is 0. The summed E-state index contributed by atoms with van der Waals surface area (Å²) < 4.78 is 7.16. The highest BCUT2D eigenvalue weighted by atomic mass is 16.5. The molecule has 0 unspecified atom stereocenters. The van der Waals surface area contributed by atoms with E-state index < -0.39 is 0 Å². The Balaban J connectivity index is 1.31. The lowest BCUT2D eigenvalue weighted by atomic mass is 9.54. The van der Waals surface area contributed by atoms with Crippen LogP contribution in [-0.4, -0.2) is 6.61 Å². The number of benzene rings is 5. The van der Waals surface area contributed by atoms with Crippen molar-refractivity contribution in [1.29, 1.82) is 5.26 Å². The summed E-state index contributed by atoms with van der Waals surface area (Å²) in [5, 5.41) is 11.2. The quantitative estimate of drug-likeness (QED) is 0.167. The first-order valence-corrected chi connectivity index (χ1v) is 16.9. The molecule has 4 bridgehead atoms. The monoisotopic (exact) mass is 583 g/mol. The molecule has 0 amide bonds. The van der Waals surface area contributed by atoms with Crippen molar-refractivity contribution in [3.05, 3.63) is 169 Å². The van der Waals surface area contributed by atoms with Gasteiger partial charge >= 0.3 is 0 Å². The molecule has 5 aromatic rings. The molecule has 0 fully saturated rings. The molecule has 0 aliphatic heterocycles. The minimum Gasteiger partial charge on any atom is -0.493 e. The molecule has 0 N–H and O–H groups in total. The predicted octanol–water partition coefficient (Wildman–Crippen LogP) is 10.3. The van der Waals surface area contributed by atoms with Gasteiger partial charge in [0.05, 0.1) is 18.2 Å². The van der Waals surface area contributed by atoms with Gasteiger partial charge in [-0.1, -0.05) is 136 Å². The van der Waals surface area contributed by atoms with Gasteiger partial charge in [-0.05, 0) is 62.1 Å². The van der Waals surface area contributed by atoms with Gasteiger partial charge in [-0.15, -0.1) is 0 Å². The third kappa shape index (κ3) is 3.68. The summed E-state index contributed by atoms with van der Waals surface area (Å²) in [5.41, 5.74) is 16.6. The maximum absolute atomic E-state index is 11.2. The molecule has 0 spiro atoms. The van der Waals surface area contributed by atoms with Crippen molar-refractivity contribution < 1.29 is 4.74 Å². The molecule has 45 heavy (non-hydrogen) atoms. The highest BCUT2D eigenvalue weighted by Crippen LogP contribution is 2.65. The fourth-order valence-electron chi connectivity index (χ4n) is 9.37. The molecule has 0 heterocycles. The number of nitriles is 1. The van der Waals surface area contributed by atoms with E-state index in [0.717, 1.165) is 17.7 Å². The largest absolute Gasteiger partial charge is 0.493 e. The van der Waals surface area contributed by atoms with Gasteiger partial charge in [0.25, 0.3) is 0 Å². The van der Waals surface area contributed by atoms with Gasteiger partial charge in [0.2, 0.25) is 0 Å². The smallest absolute Gasteiger partial charge is 0.128 e. The number of nitrogens with zero attached hydrogens (tertiary/aromatic N) is 1. The van der Waals surface area contributed by atoms with Crippen LogP contribution in [0.25, 0.3) is 0 Å². The molecule has 0 saturated heterocycles. The van der Waals surface area contributed by atoms with E-state index in [1.807, 2.05) is 0 Å². The standard InChI is InChI=1S/C43H37NO/c1-2-3-4-5-6-15-24-45-43-41-37-30-20-11-7-16-26(30)35(27-17-8-12-21-31(27)37)39(41)34(25-44)40-36-28-18-9-13-22-32(28)38(42(40)43)33-23-14-10-19-29(33)36/h7-14,16-23,35-38H,2-6,15,24H2,1H3. The van der Waals surface area contributed by atoms with Crippen LogP contribution in [0.15, 0.2) is 97.1 Å². The van der Waals surface area contributed by atoms with Crippen LogP contribution in [0.3, 0.4) is 0 Å². The lowest BCUT2D eigenvalue weighted by molar-refractivity contribution is 0.295. The first-order chi connectivity index (χ1) is 22.3. The van der Waals surface area contributed by atoms with E-state index in [1.54, 1.807) is 0 Å². The Bertz CT molecular complexity index is 1810. The molecule has 0 saturated carbocycles. The summed E-state index contributed by atoms with van der Waals surface area (Å²) in [6.45, 7) is 2.98. The van der Waals surface area contributed by atoms with E-state index in [4.69, 9.17) is 4.74 Å². The minimum atomic E-state index is 0.0275. The third-order valence-corrected chi connectivity index (χ3v) is 11.1. The number of ether oxygens (including phenoxy) is 1. The van der Waals surface area contributed by atoms with Crippen LogP contribution in [-0.2, 0) is 0 Å². The summed E-state index contributed by atoms with van der Waals surface area (Å²) in [6.07, 6.45) is 7.37. The van der Waals surface area contributed by atoms with Crippen LogP contribution < -0.4 is 4.74 Å². The molecular weight excluding hydrogens is 546 g/mol. The molecule has 220 valence electrons. The van der Waals surface area contributed by atoms with E-state index in [0.29, 0.717) is 6.61 Å². The van der Waals surface area contributed by atoms with Crippen molar-refractivity contribution >= 4 is 0 Å². The Hall–Kier alpha value is -4.61. The fraction of sp³-hybridized carbons (Fsp3) is 0.279. The van der Waals surface area contributed by atoms with Crippen molar-refractivity contribution in [3.8, 4) is 11.8 Å². The lowest BCUT2D eigenvalue weighted by Gasteiger charge is -2.48. The Labute approximate surface area is 266 Å². The average molecular weight is 584 g/mol. The molecule has 0 atom stereocenters. The average Bonchev–Trinajstić information content (AvgIpc) is 3.10. The van der Waals surface area contributed by atoms with Crippen molar-refractivity contribution in [3.63, 3.8) is 0 Å². The van der Waals surface area contributed by atoms with Crippen LogP contribution in [0.2, 0.25) is 0 Å². The van der Waals surface area contributed by atoms with Crippen LogP contribution in [0.1, 0.15) is 141 Å². The van der Waals surface area contributed by atoms with E-state index in [2.05, 4.69) is 110 Å². The van der Waals surface area contributed by atoms with Gasteiger partial charge in [0.1, 0.15) is 5.75 Å². The normalized spacial score (nSPS) is 20.3. The van der Waals surface area contributed by atoms with Gasteiger partial charge in [0, 0.05) is 34.8 Å². The molecule has 6 aliphatic rings. The van der Waals surface area contributed by atoms with Crippen molar-refractivity contribution in [1.82, 2.24) is 0 Å². The zero-order valence-electron chi connectivity index (χ0n) is 25.9. The Kier molecular flexibility index (Phi) is 6.24. The Morgan fingerprint density at radius 1 is 0.489 bits per heavy atom. The maximum Gasteiger partial charge on any atom is 0.128 e. The maximum atomic E-state index is 11.2. The highest BCUT2D eigenvalue weighted by Gasteiger charge is 2.51. The van der Waals surface area contributed by atoms with Crippen molar-refractivity contribution in [2.24, 2.45) is 0 Å². The van der Waals surface area contributed by atoms with Crippen molar-refractivity contribution in [2.45, 2.75) is 69.1 Å². The second-order valence-corrected chi connectivity index (χ2v) is 13.3. The van der Waals surface area contributed by atoms with Gasteiger partial charge < -0.3 is 4.74 Å². The SMILES string of the molecule is CCCCCCCCOc1c2c(c(C#N)c3c1C1c4ccccc4C3c3ccccc31)C1c3ccccc3C2c2ccccc21. The summed E-state index contributed by atoms with van der Waals surface area (Å²) in [6, 6.07) is 38.6. The van der Waals surface area contributed by atoms with E-state index in [-0.39, 0.29) is 23.7 Å². The third-order valence-electron chi connectivity index (χ3n) is 11.1. The Morgan fingerprint density at radius 3 is 1.18 bits per heavy atom. The molecule has 5 aromatic carbocycles. The molecule has 11 rings (SSSR count). The van der Waals surface area contributed by atoms with Crippen molar-refractivity contribution in [2.75, 3.05) is 6.61 Å². The zero-order chi connectivity index (χ0) is 30.1. The second-order valence-electron chi connectivity index (χ2n) is 13.3. The highest BCUT2D eigenvalue weighted by molar-refractivity contribution is 5.81. The van der Waals surface area contributed by atoms with Crippen LogP contribution in [0.4, 0.5) is 0 Å². The number of hydrogen-bond acceptors (Lipinski definition) is 2. The molecule has 2 nitrogen and oxygen atoms in total. The van der Waals surface area contributed by atoms with Gasteiger partial charge in [-0.2, -0.15) is 5.26 Å². The number of rotatable bonds is 8. The summed E-state index contributed by atoms with van der Waals surface area (Å²) in [7, 11) is 0. The second kappa shape index (κ2) is 10.5. The number of unbranched alkanes of at least 4 members (excludes halogenated alkanes) is 5.